The van der Waals surface area contributed by atoms with E-state index in [-0.39, 0.29) is 11.9 Å². The van der Waals surface area contributed by atoms with Gasteiger partial charge >= 0.3 is 0 Å². The molecule has 4 heteroatoms. The molecule has 1 aromatic carbocycles. The molecule has 1 aliphatic carbocycles. The number of hydrogen-bond donors (Lipinski definition) is 2. The van der Waals surface area contributed by atoms with Gasteiger partial charge in [0.2, 0.25) is 0 Å². The van der Waals surface area contributed by atoms with E-state index >= 15 is 0 Å². The summed E-state index contributed by atoms with van der Waals surface area (Å²) in [5, 5.41) is 3.66. The van der Waals surface area contributed by atoms with E-state index in [0.29, 0.717) is 23.0 Å². The fourth-order valence-corrected chi connectivity index (χ4v) is 2.02. The molecular weight excluding hydrogens is 236 g/mol. The monoisotopic (exact) mass is 252 g/mol. The van der Waals surface area contributed by atoms with Gasteiger partial charge in [0.25, 0.3) is 5.91 Å². The lowest BCUT2D eigenvalue weighted by Gasteiger charge is -2.16. The molecule has 17 heavy (non-hydrogen) atoms. The van der Waals surface area contributed by atoms with Crippen molar-refractivity contribution in [2.45, 2.75) is 25.8 Å². The van der Waals surface area contributed by atoms with Gasteiger partial charge in [-0.05, 0) is 49.4 Å². The molecule has 3 nitrogen and oxygen atoms in total. The highest BCUT2D eigenvalue weighted by Crippen LogP contribution is 2.32. The lowest BCUT2D eigenvalue weighted by atomic mass is 10.1. The third-order valence-electron chi connectivity index (χ3n) is 3.18. The van der Waals surface area contributed by atoms with E-state index < -0.39 is 0 Å². The first-order valence-electron chi connectivity index (χ1n) is 5.89. The fourth-order valence-electron chi connectivity index (χ4n) is 1.91. The van der Waals surface area contributed by atoms with Crippen molar-refractivity contribution < 1.29 is 4.79 Å². The fraction of sp³-hybridized carbons (Fsp3) is 0.462. The summed E-state index contributed by atoms with van der Waals surface area (Å²) in [5.74, 6) is 0.504. The summed E-state index contributed by atoms with van der Waals surface area (Å²) >= 11 is 5.93. The highest BCUT2D eigenvalue weighted by Gasteiger charge is 2.31. The largest absolute Gasteiger partial charge is 0.348 e. The van der Waals surface area contributed by atoms with Crippen LogP contribution in [-0.2, 0) is 0 Å². The van der Waals surface area contributed by atoms with Crippen LogP contribution in [0.25, 0.3) is 0 Å². The number of nitrogens with two attached hydrogens (primary N) is 1. The first kappa shape index (κ1) is 12.4. The summed E-state index contributed by atoms with van der Waals surface area (Å²) in [6.07, 6.45) is 2.34. The summed E-state index contributed by atoms with van der Waals surface area (Å²) in [6.45, 7) is 2.39. The number of aryl methyl sites for hydroxylation is 1. The molecule has 3 N–H and O–H groups in total. The number of benzene rings is 1. The average molecular weight is 253 g/mol. The molecule has 1 saturated carbocycles. The normalized spacial score (nSPS) is 16.6. The molecule has 0 radical (unpaired) electrons. The van der Waals surface area contributed by atoms with Gasteiger partial charge in [-0.15, -0.1) is 0 Å². The Balaban J connectivity index is 2.05. The van der Waals surface area contributed by atoms with Crippen molar-refractivity contribution in [2.75, 3.05) is 6.54 Å². The van der Waals surface area contributed by atoms with Crippen LogP contribution in [-0.4, -0.2) is 18.5 Å². The van der Waals surface area contributed by atoms with Crippen LogP contribution in [0, 0.1) is 12.8 Å². The zero-order chi connectivity index (χ0) is 12.4. The molecular formula is C13H17ClN2O. The smallest absolute Gasteiger partial charge is 0.251 e. The van der Waals surface area contributed by atoms with E-state index in [1.807, 2.05) is 6.92 Å². The Bertz CT molecular complexity index is 429. The lowest BCUT2D eigenvalue weighted by molar-refractivity contribution is 0.0933. The van der Waals surface area contributed by atoms with Gasteiger partial charge in [-0.25, -0.2) is 0 Å². The number of carbonyl (C=O) groups excluding carboxylic acids is 1. The molecule has 0 aromatic heterocycles. The zero-order valence-corrected chi connectivity index (χ0v) is 10.6. The van der Waals surface area contributed by atoms with Crippen LogP contribution in [0.4, 0.5) is 0 Å². The predicted molar refractivity (Wildman–Crippen MR) is 69.2 cm³/mol. The number of halogens is 1. The maximum absolute atomic E-state index is 12.0. The minimum absolute atomic E-state index is 0.0629. The van der Waals surface area contributed by atoms with Crippen molar-refractivity contribution in [1.29, 1.82) is 0 Å². The quantitative estimate of drug-likeness (QED) is 0.863. The number of amides is 1. The maximum Gasteiger partial charge on any atom is 0.251 e. The maximum atomic E-state index is 12.0. The Morgan fingerprint density at radius 2 is 2.29 bits per heavy atom. The Labute approximate surface area is 106 Å². The van der Waals surface area contributed by atoms with Crippen LogP contribution in [0.3, 0.4) is 0 Å². The first-order valence-corrected chi connectivity index (χ1v) is 6.26. The second-order valence-electron chi connectivity index (χ2n) is 4.62. The van der Waals surface area contributed by atoms with Crippen molar-refractivity contribution >= 4 is 17.5 Å². The van der Waals surface area contributed by atoms with Crippen LogP contribution in [0.15, 0.2) is 18.2 Å². The van der Waals surface area contributed by atoms with Crippen molar-refractivity contribution in [3.05, 3.63) is 34.3 Å². The number of nitrogens with one attached hydrogen (secondary N) is 1. The third kappa shape index (κ3) is 2.99. The minimum Gasteiger partial charge on any atom is -0.348 e. The molecule has 0 heterocycles. The molecule has 1 atom stereocenters. The van der Waals surface area contributed by atoms with Crippen molar-refractivity contribution in [2.24, 2.45) is 11.7 Å². The topological polar surface area (TPSA) is 55.1 Å². The molecule has 0 spiro atoms. The molecule has 92 valence electrons. The summed E-state index contributed by atoms with van der Waals surface area (Å²) < 4.78 is 0. The highest BCUT2D eigenvalue weighted by molar-refractivity contribution is 6.31. The number of hydrogen-bond acceptors (Lipinski definition) is 2. The third-order valence-corrected chi connectivity index (χ3v) is 3.61. The zero-order valence-electron chi connectivity index (χ0n) is 9.87. The summed E-state index contributed by atoms with van der Waals surface area (Å²) in [7, 11) is 0. The van der Waals surface area contributed by atoms with Crippen LogP contribution in [0.5, 0.6) is 0 Å². The Morgan fingerprint density at radius 1 is 1.59 bits per heavy atom. The first-order chi connectivity index (χ1) is 8.11. The Hall–Kier alpha value is -1.06. The molecule has 1 fully saturated rings. The number of rotatable bonds is 4. The molecule has 0 saturated heterocycles. The van der Waals surface area contributed by atoms with Gasteiger partial charge in [-0.2, -0.15) is 0 Å². The van der Waals surface area contributed by atoms with Crippen LogP contribution < -0.4 is 11.1 Å². The SMILES string of the molecule is Cc1cc(C(=O)NC(CN)C2CC2)ccc1Cl. The van der Waals surface area contributed by atoms with E-state index in [9.17, 15) is 4.79 Å². The van der Waals surface area contributed by atoms with Gasteiger partial charge in [0.15, 0.2) is 0 Å². The Kier molecular flexibility index (Phi) is 3.69. The summed E-state index contributed by atoms with van der Waals surface area (Å²) in [4.78, 5) is 12.0. The van der Waals surface area contributed by atoms with Gasteiger partial charge in [-0.3, -0.25) is 4.79 Å². The Morgan fingerprint density at radius 3 is 2.82 bits per heavy atom. The second-order valence-corrected chi connectivity index (χ2v) is 5.02. The highest BCUT2D eigenvalue weighted by atomic mass is 35.5. The predicted octanol–water partition coefficient (Wildman–Crippen LogP) is 2.12. The van der Waals surface area contributed by atoms with E-state index in [0.717, 1.165) is 5.56 Å². The summed E-state index contributed by atoms with van der Waals surface area (Å²) in [6, 6.07) is 5.41. The second kappa shape index (κ2) is 5.07. The van der Waals surface area contributed by atoms with Crippen LogP contribution >= 0.6 is 11.6 Å². The van der Waals surface area contributed by atoms with E-state index in [1.54, 1.807) is 18.2 Å². The van der Waals surface area contributed by atoms with Gasteiger partial charge in [0, 0.05) is 23.2 Å². The van der Waals surface area contributed by atoms with Gasteiger partial charge < -0.3 is 11.1 Å². The lowest BCUT2D eigenvalue weighted by Crippen LogP contribution is -2.41. The summed E-state index contributed by atoms with van der Waals surface area (Å²) in [5.41, 5.74) is 7.21. The van der Waals surface area contributed by atoms with E-state index in [1.165, 1.54) is 12.8 Å². The van der Waals surface area contributed by atoms with E-state index in [4.69, 9.17) is 17.3 Å². The van der Waals surface area contributed by atoms with Crippen LogP contribution in [0.1, 0.15) is 28.8 Å². The molecule has 1 aliphatic rings. The molecule has 1 unspecified atom stereocenters. The van der Waals surface area contributed by atoms with Crippen molar-refractivity contribution in [3.63, 3.8) is 0 Å². The van der Waals surface area contributed by atoms with Crippen molar-refractivity contribution in [3.8, 4) is 0 Å². The van der Waals surface area contributed by atoms with Gasteiger partial charge in [0.1, 0.15) is 0 Å². The standard InChI is InChI=1S/C13H17ClN2O/c1-8-6-10(4-5-11(8)14)13(17)16-12(7-15)9-2-3-9/h4-6,9,12H,2-3,7,15H2,1H3,(H,16,17). The minimum atomic E-state index is -0.0629. The van der Waals surface area contributed by atoms with Gasteiger partial charge in [-0.1, -0.05) is 11.6 Å². The molecule has 0 bridgehead atoms. The molecule has 1 amide bonds. The van der Waals surface area contributed by atoms with Crippen LogP contribution in [0.2, 0.25) is 5.02 Å². The van der Waals surface area contributed by atoms with Crippen molar-refractivity contribution in [1.82, 2.24) is 5.32 Å². The van der Waals surface area contributed by atoms with Gasteiger partial charge in [0.05, 0.1) is 0 Å². The molecule has 0 aliphatic heterocycles. The number of carbonyl (C=O) groups is 1. The molecule has 1 aromatic rings. The molecule has 2 rings (SSSR count). The van der Waals surface area contributed by atoms with E-state index in [2.05, 4.69) is 5.32 Å². The average Bonchev–Trinajstić information content (AvgIpc) is 3.13.